The van der Waals surface area contributed by atoms with Crippen molar-refractivity contribution in [2.24, 2.45) is 0 Å². The Kier molecular flexibility index (Phi) is 5.30. The Labute approximate surface area is 168 Å². The van der Waals surface area contributed by atoms with Gasteiger partial charge >= 0.3 is 0 Å². The third-order valence-electron chi connectivity index (χ3n) is 4.72. The lowest BCUT2D eigenvalue weighted by Crippen LogP contribution is -2.41. The molecule has 1 amide bonds. The first-order valence-corrected chi connectivity index (χ1v) is 10.2. The highest BCUT2D eigenvalue weighted by atomic mass is 32.1. The van der Waals surface area contributed by atoms with Gasteiger partial charge in [-0.2, -0.15) is 0 Å². The van der Waals surface area contributed by atoms with Crippen molar-refractivity contribution in [3.8, 4) is 22.1 Å². The molecule has 4 rings (SSSR count). The number of ether oxygens (including phenoxy) is 2. The van der Waals surface area contributed by atoms with Crippen LogP contribution in [0.2, 0.25) is 0 Å². The fraction of sp³-hybridized carbons (Fsp3) is 0.273. The summed E-state index contributed by atoms with van der Waals surface area (Å²) in [5.41, 5.74) is 2.77. The number of aryl methyl sites for hydroxylation is 1. The van der Waals surface area contributed by atoms with E-state index in [0.29, 0.717) is 24.6 Å². The van der Waals surface area contributed by atoms with E-state index in [1.165, 1.54) is 16.9 Å². The van der Waals surface area contributed by atoms with Crippen molar-refractivity contribution >= 4 is 17.2 Å². The molecule has 0 saturated carbocycles. The van der Waals surface area contributed by atoms with Crippen molar-refractivity contribution in [2.45, 2.75) is 19.4 Å². The van der Waals surface area contributed by atoms with Crippen molar-refractivity contribution in [1.82, 2.24) is 9.88 Å². The monoisotopic (exact) mass is 394 g/mol. The number of carbonyl (C=O) groups excluding carboxylic acids is 1. The Morgan fingerprint density at radius 1 is 1.18 bits per heavy atom. The number of thiazole rings is 1. The summed E-state index contributed by atoms with van der Waals surface area (Å²) in [4.78, 5) is 19.0. The molecular weight excluding hydrogens is 372 g/mol. The third-order valence-corrected chi connectivity index (χ3v) is 5.62. The highest BCUT2D eigenvalue weighted by Crippen LogP contribution is 2.31. The first-order valence-electron chi connectivity index (χ1n) is 9.33. The van der Waals surface area contributed by atoms with Crippen LogP contribution in [0.3, 0.4) is 0 Å². The second-order valence-electron chi connectivity index (χ2n) is 6.77. The van der Waals surface area contributed by atoms with Crippen LogP contribution >= 0.6 is 11.3 Å². The maximum atomic E-state index is 12.8. The van der Waals surface area contributed by atoms with Gasteiger partial charge in [-0.15, -0.1) is 11.3 Å². The van der Waals surface area contributed by atoms with Crippen LogP contribution in [-0.2, 0) is 6.42 Å². The molecule has 2 aromatic carbocycles. The van der Waals surface area contributed by atoms with E-state index in [9.17, 15) is 4.79 Å². The van der Waals surface area contributed by atoms with Crippen LogP contribution in [0.15, 0.2) is 53.9 Å². The van der Waals surface area contributed by atoms with E-state index < -0.39 is 0 Å². The standard InChI is InChI=1S/C22H22N2O3S/c1-3-15-8-10-16(11-9-15)21-23-18(14-28-21)22(25)24(2)12-17-13-26-19-6-4-5-7-20(19)27-17/h4-11,14,17H,3,12-13H2,1-2H3/t17-/m1/s1. The number of aromatic nitrogens is 1. The quantitative estimate of drug-likeness (QED) is 0.648. The number of carbonyl (C=O) groups is 1. The van der Waals surface area contributed by atoms with Gasteiger partial charge in [-0.25, -0.2) is 4.98 Å². The molecule has 0 radical (unpaired) electrons. The summed E-state index contributed by atoms with van der Waals surface area (Å²) in [5.74, 6) is 1.34. The molecule has 28 heavy (non-hydrogen) atoms. The molecule has 0 saturated heterocycles. The average molecular weight is 394 g/mol. The number of hydrogen-bond acceptors (Lipinski definition) is 5. The topological polar surface area (TPSA) is 51.7 Å². The smallest absolute Gasteiger partial charge is 0.273 e. The number of para-hydroxylation sites is 2. The second kappa shape index (κ2) is 8.02. The van der Waals surface area contributed by atoms with Gasteiger partial charge in [-0.1, -0.05) is 43.3 Å². The predicted molar refractivity (Wildman–Crippen MR) is 110 cm³/mol. The maximum Gasteiger partial charge on any atom is 0.273 e. The molecule has 1 aliphatic heterocycles. The molecule has 0 fully saturated rings. The number of likely N-dealkylation sites (N-methyl/N-ethyl adjacent to an activating group) is 1. The average Bonchev–Trinajstić information content (AvgIpc) is 3.23. The van der Waals surface area contributed by atoms with E-state index in [1.54, 1.807) is 11.9 Å². The van der Waals surface area contributed by atoms with Crippen LogP contribution in [0.25, 0.3) is 10.6 Å². The zero-order chi connectivity index (χ0) is 19.5. The molecule has 1 atom stereocenters. The van der Waals surface area contributed by atoms with Crippen molar-refractivity contribution in [1.29, 1.82) is 0 Å². The molecule has 2 heterocycles. The summed E-state index contributed by atoms with van der Waals surface area (Å²) in [7, 11) is 1.77. The van der Waals surface area contributed by atoms with Crippen molar-refractivity contribution in [3.05, 3.63) is 65.2 Å². The molecule has 1 aliphatic rings. The van der Waals surface area contributed by atoms with E-state index in [-0.39, 0.29) is 12.0 Å². The summed E-state index contributed by atoms with van der Waals surface area (Å²) in [5, 5.41) is 2.67. The van der Waals surface area contributed by atoms with Crippen LogP contribution in [0.4, 0.5) is 0 Å². The van der Waals surface area contributed by atoms with Gasteiger partial charge in [0.05, 0.1) is 6.54 Å². The molecule has 0 unspecified atom stereocenters. The highest BCUT2D eigenvalue weighted by Gasteiger charge is 2.25. The minimum absolute atomic E-state index is 0.116. The molecule has 3 aromatic rings. The minimum atomic E-state index is -0.205. The van der Waals surface area contributed by atoms with Gasteiger partial charge in [-0.05, 0) is 24.1 Å². The second-order valence-corrected chi connectivity index (χ2v) is 7.63. The van der Waals surface area contributed by atoms with Crippen LogP contribution in [0.1, 0.15) is 23.0 Å². The predicted octanol–water partition coefficient (Wildman–Crippen LogP) is 4.28. The first-order chi connectivity index (χ1) is 13.6. The molecule has 6 heteroatoms. The zero-order valence-electron chi connectivity index (χ0n) is 15.9. The van der Waals surface area contributed by atoms with Gasteiger partial charge in [0.2, 0.25) is 0 Å². The Balaban J connectivity index is 1.41. The van der Waals surface area contributed by atoms with Gasteiger partial charge in [-0.3, -0.25) is 4.79 Å². The molecule has 0 spiro atoms. The van der Waals surface area contributed by atoms with Crippen molar-refractivity contribution < 1.29 is 14.3 Å². The number of nitrogens with zero attached hydrogens (tertiary/aromatic N) is 2. The first kappa shape index (κ1) is 18.5. The fourth-order valence-corrected chi connectivity index (χ4v) is 3.92. The Bertz CT molecular complexity index is 968. The molecule has 1 aromatic heterocycles. The lowest BCUT2D eigenvalue weighted by Gasteiger charge is -2.29. The lowest BCUT2D eigenvalue weighted by atomic mass is 10.1. The van der Waals surface area contributed by atoms with Gasteiger partial charge in [0.25, 0.3) is 5.91 Å². The van der Waals surface area contributed by atoms with E-state index in [4.69, 9.17) is 9.47 Å². The van der Waals surface area contributed by atoms with E-state index >= 15 is 0 Å². The minimum Gasteiger partial charge on any atom is -0.486 e. The van der Waals surface area contributed by atoms with Gasteiger partial charge < -0.3 is 14.4 Å². The Morgan fingerprint density at radius 3 is 2.68 bits per heavy atom. The lowest BCUT2D eigenvalue weighted by molar-refractivity contribution is 0.0518. The molecule has 0 aliphatic carbocycles. The Hall–Kier alpha value is -2.86. The third kappa shape index (κ3) is 3.87. The number of benzene rings is 2. The number of hydrogen-bond donors (Lipinski definition) is 0. The number of amides is 1. The van der Waals surface area contributed by atoms with E-state index in [0.717, 1.165) is 22.7 Å². The largest absolute Gasteiger partial charge is 0.486 e. The van der Waals surface area contributed by atoms with Gasteiger partial charge in [0, 0.05) is 18.0 Å². The van der Waals surface area contributed by atoms with Crippen LogP contribution in [-0.4, -0.2) is 42.1 Å². The fourth-order valence-electron chi connectivity index (χ4n) is 3.12. The van der Waals surface area contributed by atoms with Crippen LogP contribution in [0, 0.1) is 0 Å². The number of fused-ring (bicyclic) bond motifs is 1. The molecule has 5 nitrogen and oxygen atoms in total. The summed E-state index contributed by atoms with van der Waals surface area (Å²) in [6, 6.07) is 15.9. The maximum absolute atomic E-state index is 12.8. The summed E-state index contributed by atoms with van der Waals surface area (Å²) in [6.07, 6.45) is 0.799. The SMILES string of the molecule is CCc1ccc(-c2nc(C(=O)N(C)C[C@@H]3COc4ccccc4O3)cs2)cc1. The van der Waals surface area contributed by atoms with Crippen LogP contribution in [0.5, 0.6) is 11.5 Å². The van der Waals surface area contributed by atoms with Gasteiger partial charge in [0.15, 0.2) is 17.6 Å². The Morgan fingerprint density at radius 2 is 1.93 bits per heavy atom. The molecule has 0 bridgehead atoms. The normalized spacial score (nSPS) is 15.3. The summed E-state index contributed by atoms with van der Waals surface area (Å²) in [6.45, 7) is 2.98. The number of rotatable bonds is 5. The zero-order valence-corrected chi connectivity index (χ0v) is 16.7. The van der Waals surface area contributed by atoms with E-state index in [1.807, 2.05) is 29.6 Å². The van der Waals surface area contributed by atoms with Crippen LogP contribution < -0.4 is 9.47 Å². The van der Waals surface area contributed by atoms with E-state index in [2.05, 4.69) is 36.2 Å². The summed E-state index contributed by atoms with van der Waals surface area (Å²) < 4.78 is 11.7. The molecule has 144 valence electrons. The van der Waals surface area contributed by atoms with Gasteiger partial charge in [0.1, 0.15) is 17.3 Å². The molecular formula is C22H22N2O3S. The van der Waals surface area contributed by atoms with Crippen molar-refractivity contribution in [2.75, 3.05) is 20.2 Å². The molecule has 0 N–H and O–H groups in total. The highest BCUT2D eigenvalue weighted by molar-refractivity contribution is 7.13. The van der Waals surface area contributed by atoms with Crippen molar-refractivity contribution in [3.63, 3.8) is 0 Å². The summed E-state index contributed by atoms with van der Waals surface area (Å²) >= 11 is 1.48.